The summed E-state index contributed by atoms with van der Waals surface area (Å²) in [6.07, 6.45) is 0. The second-order valence-corrected chi connectivity index (χ2v) is 31.6. The van der Waals surface area contributed by atoms with Crippen molar-refractivity contribution in [2.75, 3.05) is 9.80 Å². The van der Waals surface area contributed by atoms with Gasteiger partial charge in [-0.2, -0.15) is 0 Å². The zero-order valence-corrected chi connectivity index (χ0v) is 60.6. The molecular weight excluding hydrogens is 1270 g/mol. The third-order valence-electron chi connectivity index (χ3n) is 20.9. The van der Waals surface area contributed by atoms with E-state index in [-0.39, 0.29) is 76.9 Å². The lowest BCUT2D eigenvalue weighted by atomic mass is 9.33. The summed E-state index contributed by atoms with van der Waals surface area (Å²) in [5.74, 6) is 0. The van der Waals surface area contributed by atoms with E-state index in [0.29, 0.717) is 72.5 Å². The smallest absolute Gasteiger partial charge is 0.252 e. The van der Waals surface area contributed by atoms with E-state index in [1.165, 1.54) is 0 Å². The molecule has 0 aliphatic carbocycles. The van der Waals surface area contributed by atoms with Gasteiger partial charge >= 0.3 is 0 Å². The quantitative estimate of drug-likeness (QED) is 0.134. The molecule has 2 aromatic heterocycles. The van der Waals surface area contributed by atoms with Crippen molar-refractivity contribution in [2.45, 2.75) is 105 Å². The molecule has 0 saturated carbocycles. The van der Waals surface area contributed by atoms with Crippen molar-refractivity contribution in [2.24, 2.45) is 0 Å². The summed E-state index contributed by atoms with van der Waals surface area (Å²) in [7, 11) is 0. The van der Waals surface area contributed by atoms with Crippen LogP contribution in [-0.2, 0) is 21.7 Å². The highest BCUT2D eigenvalue weighted by atomic mass is 15.2. The first-order valence-corrected chi connectivity index (χ1v) is 35.6. The van der Waals surface area contributed by atoms with Crippen LogP contribution in [0.4, 0.5) is 34.1 Å². The second-order valence-electron chi connectivity index (χ2n) is 31.6. The molecule has 2 aliphatic heterocycles. The van der Waals surface area contributed by atoms with Crippen molar-refractivity contribution < 1.29 is 30.2 Å². The summed E-state index contributed by atoms with van der Waals surface area (Å²) in [5, 5.41) is -1.42. The van der Waals surface area contributed by atoms with Crippen molar-refractivity contribution in [3.05, 3.63) is 331 Å². The van der Waals surface area contributed by atoms with Crippen LogP contribution < -0.4 is 26.2 Å². The molecule has 0 N–H and O–H groups in total. The molecule has 2 aliphatic rings. The number of rotatable bonds is 9. The van der Waals surface area contributed by atoms with Gasteiger partial charge in [0.05, 0.1) is 63.6 Å². The predicted molar refractivity (Wildman–Crippen MR) is 451 cm³/mol. The minimum Gasteiger partial charge on any atom is -0.310 e. The van der Waals surface area contributed by atoms with E-state index >= 15 is 0 Å². The standard InChI is InChI=1S/C100H87BN4/c1-97(2,3)70-48-40-65(41-49-70)76-32-24-33-77(66-42-50-71(51-43-66)98(4,5)6)95(76)104-90-62-74(102-86-36-20-16-28-80(86)81-29-17-21-37-87(81)102)56-58-84(90)101-85-59-57-75(103-88-38-22-18-30-82(88)83-31-19-23-39-89(83)103)63-91(85)105(93-61-69(60-92(104)94(93)101)64-26-14-13-15-27-64)96-78(67-44-52-72(53-45-67)99(7,8)9)34-25-35-79(96)68-46-54-73(55-47-68)100(10,11)12/h13-63H,1-12H3/i16D,17D,18D,19D,20D,21D,22D,23D,28D,29D,30D,31D,36D,37D,38D,39D,56D,57D,58D,59D,62D,63D. The number of benzene rings is 14. The monoisotopic (exact) mass is 1380 g/mol. The molecule has 510 valence electrons. The number of aromatic nitrogens is 2. The number of fused-ring (bicyclic) bond motifs is 10. The molecule has 105 heavy (non-hydrogen) atoms. The van der Waals surface area contributed by atoms with Crippen LogP contribution in [0.25, 0.3) is 111 Å². The second kappa shape index (κ2) is 24.5. The highest BCUT2D eigenvalue weighted by Crippen LogP contribution is 2.55. The lowest BCUT2D eigenvalue weighted by molar-refractivity contribution is 0.590. The van der Waals surface area contributed by atoms with Gasteiger partial charge in [-0.05, 0) is 154 Å². The van der Waals surface area contributed by atoms with E-state index in [0.717, 1.165) is 31.4 Å². The first-order chi connectivity index (χ1) is 59.8. The Bertz CT molecular complexity index is 6760. The first-order valence-electron chi connectivity index (χ1n) is 46.6. The Morgan fingerprint density at radius 3 is 0.867 bits per heavy atom. The molecule has 18 rings (SSSR count). The number of nitrogens with zero attached hydrogens (tertiary/aromatic N) is 4. The maximum atomic E-state index is 11.8. The zero-order valence-electron chi connectivity index (χ0n) is 82.6. The molecule has 0 radical (unpaired) electrons. The Hall–Kier alpha value is -11.7. The van der Waals surface area contributed by atoms with E-state index in [1.54, 1.807) is 0 Å². The minimum atomic E-state index is -1.67. The molecular formula is C100H87BN4. The highest BCUT2D eigenvalue weighted by molar-refractivity contribution is 7.00. The van der Waals surface area contributed by atoms with Crippen LogP contribution in [0.5, 0.6) is 0 Å². The Labute approximate surface area is 650 Å². The molecule has 0 atom stereocenters. The number of hydrogen-bond acceptors (Lipinski definition) is 2. The van der Waals surface area contributed by atoms with E-state index < -0.39 is 173 Å². The van der Waals surface area contributed by atoms with Crippen molar-refractivity contribution in [3.8, 4) is 67.0 Å². The summed E-state index contributed by atoms with van der Waals surface area (Å²) in [6, 6.07) is 41.8. The molecule has 14 aromatic carbocycles. The summed E-state index contributed by atoms with van der Waals surface area (Å²) in [4.78, 5) is 3.76. The van der Waals surface area contributed by atoms with Crippen LogP contribution in [0.3, 0.4) is 0 Å². The zero-order chi connectivity index (χ0) is 91.1. The van der Waals surface area contributed by atoms with E-state index in [4.69, 9.17) is 5.48 Å². The summed E-state index contributed by atoms with van der Waals surface area (Å²) < 4.78 is 223. The molecule has 0 fully saturated rings. The van der Waals surface area contributed by atoms with E-state index in [2.05, 4.69) is 132 Å². The van der Waals surface area contributed by atoms with Gasteiger partial charge in [0.1, 0.15) is 0 Å². The fourth-order valence-electron chi connectivity index (χ4n) is 15.4. The summed E-state index contributed by atoms with van der Waals surface area (Å²) in [5.41, 5.74) is 6.89. The molecule has 5 heteroatoms. The molecule has 0 spiro atoms. The lowest BCUT2D eigenvalue weighted by Gasteiger charge is -2.46. The van der Waals surface area contributed by atoms with E-state index in [1.807, 2.05) is 137 Å². The van der Waals surface area contributed by atoms with Crippen LogP contribution in [-0.4, -0.2) is 15.8 Å². The Morgan fingerprint density at radius 2 is 0.571 bits per heavy atom. The van der Waals surface area contributed by atoms with Gasteiger partial charge in [0.25, 0.3) is 6.71 Å². The number of para-hydroxylation sites is 6. The molecule has 4 heterocycles. The Morgan fingerprint density at radius 1 is 0.276 bits per heavy atom. The fourth-order valence-corrected chi connectivity index (χ4v) is 15.4. The summed E-state index contributed by atoms with van der Waals surface area (Å²) in [6.45, 7) is 23.7. The van der Waals surface area contributed by atoms with Gasteiger partial charge in [-0.25, -0.2) is 0 Å². The molecule has 0 bridgehead atoms. The molecule has 0 unspecified atom stereocenters. The maximum Gasteiger partial charge on any atom is 0.252 e. The Kier molecular flexibility index (Phi) is 10.6. The molecule has 4 nitrogen and oxygen atoms in total. The minimum absolute atomic E-state index is 0.165. The molecule has 0 saturated heterocycles. The third-order valence-corrected chi connectivity index (χ3v) is 20.9. The predicted octanol–water partition coefficient (Wildman–Crippen LogP) is 25.5. The number of anilines is 6. The van der Waals surface area contributed by atoms with Crippen molar-refractivity contribution in [3.63, 3.8) is 0 Å². The molecule has 0 amide bonds. The third kappa shape index (κ3) is 11.0. The van der Waals surface area contributed by atoms with E-state index in [9.17, 15) is 24.7 Å². The van der Waals surface area contributed by atoms with Gasteiger partial charge < -0.3 is 18.9 Å². The lowest BCUT2D eigenvalue weighted by Crippen LogP contribution is -2.61. The van der Waals surface area contributed by atoms with Crippen molar-refractivity contribution >= 4 is 101 Å². The van der Waals surface area contributed by atoms with Crippen LogP contribution >= 0.6 is 0 Å². The van der Waals surface area contributed by atoms with Gasteiger partial charge in [-0.3, -0.25) is 0 Å². The topological polar surface area (TPSA) is 16.3 Å². The summed E-state index contributed by atoms with van der Waals surface area (Å²) >= 11 is 0. The van der Waals surface area contributed by atoms with Gasteiger partial charge in [0.2, 0.25) is 0 Å². The van der Waals surface area contributed by atoms with Crippen LogP contribution in [0.15, 0.2) is 309 Å². The number of hydrogen-bond donors (Lipinski definition) is 0. The fraction of sp³-hybridized carbons (Fsp3) is 0.160. The van der Waals surface area contributed by atoms with Crippen LogP contribution in [0.1, 0.15) is 135 Å². The van der Waals surface area contributed by atoms with Gasteiger partial charge in [0.15, 0.2) is 0 Å². The first kappa shape index (κ1) is 45.4. The van der Waals surface area contributed by atoms with Gasteiger partial charge in [0, 0.05) is 77.9 Å². The van der Waals surface area contributed by atoms with Gasteiger partial charge in [-0.15, -0.1) is 0 Å². The van der Waals surface area contributed by atoms with Crippen molar-refractivity contribution in [1.29, 1.82) is 0 Å². The maximum absolute atomic E-state index is 11.8. The molecule has 16 aromatic rings. The van der Waals surface area contributed by atoms with Gasteiger partial charge in [-0.1, -0.05) is 331 Å². The average molecular weight is 1380 g/mol. The van der Waals surface area contributed by atoms with Crippen LogP contribution in [0, 0.1) is 0 Å². The SMILES string of the molecule is [2H]c1c([2H])c(-n2c3c([2H])c([2H])c([2H])c([2H])c3c3c([2H])c([2H])c([2H])c([2H])c32)c([2H])c2c1B1c3c(cc(-c4ccccc4)cc3N(c3c(-c4ccc(C(C)(C)C)cc4)cccc3-c3ccc(C(C)(C)C)cc3)c3c([2H])c(-n4c5c([2H])c([2H])c([2H])c([2H])c5c5c([2H])c([2H])c([2H])c([2H])c54)c([2H])c([2H])c31)N2c1c(-c2ccc(C(C)(C)C)cc2)cccc1-c1ccc(C(C)(C)C)cc1. The normalized spacial score (nSPS) is 16.0. The average Bonchev–Trinajstić information content (AvgIpc) is 1.45. The largest absolute Gasteiger partial charge is 0.310 e. The Balaban J connectivity index is 1.12. The van der Waals surface area contributed by atoms with Crippen LogP contribution in [0.2, 0.25) is 0 Å². The highest BCUT2D eigenvalue weighted by Gasteiger charge is 2.46. The van der Waals surface area contributed by atoms with Crippen molar-refractivity contribution in [1.82, 2.24) is 9.13 Å².